The van der Waals surface area contributed by atoms with Crippen LogP contribution >= 0.6 is 55.3 Å². The zero-order chi connectivity index (χ0) is 12.4. The number of rotatable bonds is 2. The van der Waals surface area contributed by atoms with Crippen LogP contribution in [0.15, 0.2) is 28.7 Å². The lowest BCUT2D eigenvalue weighted by atomic mass is 10.3. The molecule has 17 heavy (non-hydrogen) atoms. The molecule has 0 aliphatic rings. The average Bonchev–Trinajstić information content (AvgIpc) is 2.27. The Morgan fingerprint density at radius 3 is 2.18 bits per heavy atom. The first-order valence-electron chi connectivity index (χ1n) is 4.35. The molecule has 1 heterocycles. The summed E-state index contributed by atoms with van der Waals surface area (Å²) in [6.45, 7) is 0. The minimum atomic E-state index is 0.0384. The van der Waals surface area contributed by atoms with Gasteiger partial charge in [-0.15, -0.1) is 0 Å². The van der Waals surface area contributed by atoms with Gasteiger partial charge in [0, 0.05) is 4.47 Å². The van der Waals surface area contributed by atoms with Gasteiger partial charge in [-0.05, 0) is 51.3 Å². The summed E-state index contributed by atoms with van der Waals surface area (Å²) in [5.74, 6) is 0.307. The molecule has 0 aliphatic carbocycles. The number of anilines is 2. The van der Waals surface area contributed by atoms with Crippen molar-refractivity contribution < 1.29 is 0 Å². The Labute approximate surface area is 124 Å². The Bertz CT molecular complexity index is 532. The van der Waals surface area contributed by atoms with Gasteiger partial charge in [-0.3, -0.25) is 0 Å². The quantitative estimate of drug-likeness (QED) is 0.703. The molecule has 0 saturated heterocycles. The van der Waals surface area contributed by atoms with Crippen molar-refractivity contribution in [2.45, 2.75) is 0 Å². The number of para-hydroxylation sites is 1. The van der Waals surface area contributed by atoms with Gasteiger partial charge in [-0.25, -0.2) is 3.93 Å². The van der Waals surface area contributed by atoms with Crippen LogP contribution in [-0.4, -0.2) is 15.0 Å². The zero-order valence-corrected chi connectivity index (χ0v) is 12.8. The highest BCUT2D eigenvalue weighted by Crippen LogP contribution is 2.33. The van der Waals surface area contributed by atoms with E-state index in [1.807, 2.05) is 24.3 Å². The second-order valence-electron chi connectivity index (χ2n) is 2.91. The van der Waals surface area contributed by atoms with Crippen molar-refractivity contribution in [3.8, 4) is 0 Å². The highest BCUT2D eigenvalue weighted by Gasteiger charge is 2.14. The molecule has 0 radical (unpaired) electrons. The molecule has 0 spiro atoms. The van der Waals surface area contributed by atoms with E-state index in [2.05, 4.69) is 47.0 Å². The fourth-order valence-corrected chi connectivity index (χ4v) is 2.65. The highest BCUT2D eigenvalue weighted by atomic mass is 79.9. The minimum absolute atomic E-state index is 0.0384. The largest absolute Gasteiger partial charge is 0.246 e. The Hall–Kier alpha value is -0.430. The molecule has 1 aromatic heterocycles. The van der Waals surface area contributed by atoms with Gasteiger partial charge < -0.3 is 0 Å². The molecule has 0 saturated carbocycles. The van der Waals surface area contributed by atoms with E-state index in [4.69, 9.17) is 23.2 Å². The Morgan fingerprint density at radius 2 is 1.59 bits per heavy atom. The lowest BCUT2D eigenvalue weighted by Crippen LogP contribution is -2.07. The fourth-order valence-electron chi connectivity index (χ4n) is 1.12. The van der Waals surface area contributed by atoms with Crippen LogP contribution in [0.4, 0.5) is 11.6 Å². The molecule has 0 aliphatic heterocycles. The SMILES string of the molecule is Clc1nc(Cl)nc(N(Br)c2ccccc2Br)n1. The van der Waals surface area contributed by atoms with E-state index in [0.717, 1.165) is 10.2 Å². The number of halogens is 4. The topological polar surface area (TPSA) is 41.9 Å². The van der Waals surface area contributed by atoms with Crippen LogP contribution in [0.3, 0.4) is 0 Å². The zero-order valence-electron chi connectivity index (χ0n) is 8.11. The van der Waals surface area contributed by atoms with Crippen molar-refractivity contribution in [1.29, 1.82) is 0 Å². The van der Waals surface area contributed by atoms with Gasteiger partial charge in [-0.2, -0.15) is 15.0 Å². The smallest absolute Gasteiger partial charge is 0.243 e. The van der Waals surface area contributed by atoms with Crippen LogP contribution in [0.1, 0.15) is 0 Å². The Morgan fingerprint density at radius 1 is 1.00 bits per heavy atom. The predicted molar refractivity (Wildman–Crippen MR) is 75.1 cm³/mol. The van der Waals surface area contributed by atoms with E-state index >= 15 is 0 Å². The molecule has 0 amide bonds. The summed E-state index contributed by atoms with van der Waals surface area (Å²) in [6, 6.07) is 7.57. The van der Waals surface area contributed by atoms with Crippen molar-refractivity contribution in [2.75, 3.05) is 3.93 Å². The molecule has 0 N–H and O–H groups in total. The standard InChI is InChI=1S/C9H4Br2Cl2N4/c10-5-3-1-2-4-6(5)17(11)9-15-7(12)14-8(13)16-9/h1-4H. The van der Waals surface area contributed by atoms with E-state index in [1.54, 1.807) is 3.93 Å². The normalized spacial score (nSPS) is 10.4. The molecule has 1 aromatic carbocycles. The van der Waals surface area contributed by atoms with Crippen LogP contribution in [0.2, 0.25) is 10.6 Å². The van der Waals surface area contributed by atoms with Crippen LogP contribution < -0.4 is 3.93 Å². The summed E-state index contributed by atoms with van der Waals surface area (Å²) in [7, 11) is 0. The van der Waals surface area contributed by atoms with E-state index < -0.39 is 0 Å². The highest BCUT2D eigenvalue weighted by molar-refractivity contribution is 9.11. The minimum Gasteiger partial charge on any atom is -0.243 e. The van der Waals surface area contributed by atoms with Gasteiger partial charge >= 0.3 is 0 Å². The fraction of sp³-hybridized carbons (Fsp3) is 0. The molecular formula is C9H4Br2Cl2N4. The molecule has 2 rings (SSSR count). The van der Waals surface area contributed by atoms with Crippen molar-refractivity contribution in [2.24, 2.45) is 0 Å². The van der Waals surface area contributed by atoms with Gasteiger partial charge in [-0.1, -0.05) is 12.1 Å². The maximum Gasteiger partial charge on any atom is 0.246 e. The lowest BCUT2D eigenvalue weighted by molar-refractivity contribution is 1.04. The van der Waals surface area contributed by atoms with E-state index in [1.165, 1.54) is 0 Å². The van der Waals surface area contributed by atoms with E-state index in [0.29, 0.717) is 5.95 Å². The van der Waals surface area contributed by atoms with Gasteiger partial charge in [0.15, 0.2) is 0 Å². The number of nitrogens with zero attached hydrogens (tertiary/aromatic N) is 4. The third kappa shape index (κ3) is 3.07. The van der Waals surface area contributed by atoms with Crippen LogP contribution in [0, 0.1) is 0 Å². The van der Waals surface area contributed by atoms with E-state index in [9.17, 15) is 0 Å². The molecule has 0 atom stereocenters. The summed E-state index contributed by atoms with van der Waals surface area (Å²) in [6.07, 6.45) is 0. The molecule has 88 valence electrons. The molecule has 4 nitrogen and oxygen atoms in total. The Balaban J connectivity index is 2.43. The second-order valence-corrected chi connectivity index (χ2v) is 5.15. The first-order valence-corrected chi connectivity index (χ1v) is 6.61. The van der Waals surface area contributed by atoms with Crippen LogP contribution in [0.25, 0.3) is 0 Å². The van der Waals surface area contributed by atoms with Crippen molar-refractivity contribution in [3.05, 3.63) is 39.3 Å². The molecule has 0 fully saturated rings. The summed E-state index contributed by atoms with van der Waals surface area (Å²) in [5.41, 5.74) is 0.825. The third-order valence-electron chi connectivity index (χ3n) is 1.81. The maximum absolute atomic E-state index is 5.72. The third-order valence-corrected chi connectivity index (χ3v) is 3.52. The first kappa shape index (κ1) is 13.0. The van der Waals surface area contributed by atoms with E-state index in [-0.39, 0.29) is 10.6 Å². The van der Waals surface area contributed by atoms with Crippen molar-refractivity contribution >= 4 is 66.9 Å². The summed E-state index contributed by atoms with van der Waals surface area (Å²) < 4.78 is 2.46. The number of aromatic nitrogens is 3. The van der Waals surface area contributed by atoms with Gasteiger partial charge in [0.2, 0.25) is 16.5 Å². The van der Waals surface area contributed by atoms with Gasteiger partial charge in [0.1, 0.15) is 0 Å². The summed E-state index contributed by atoms with van der Waals surface area (Å²) in [4.78, 5) is 11.6. The van der Waals surface area contributed by atoms with Crippen LogP contribution in [0.5, 0.6) is 0 Å². The maximum atomic E-state index is 5.72. The number of benzene rings is 1. The summed E-state index contributed by atoms with van der Waals surface area (Å²) in [5, 5.41) is 0.0769. The molecule has 0 bridgehead atoms. The summed E-state index contributed by atoms with van der Waals surface area (Å²) >= 11 is 18.2. The van der Waals surface area contributed by atoms with Gasteiger partial charge in [0.05, 0.1) is 21.8 Å². The second kappa shape index (κ2) is 5.48. The number of hydrogen-bond donors (Lipinski definition) is 0. The lowest BCUT2D eigenvalue weighted by Gasteiger charge is -2.15. The van der Waals surface area contributed by atoms with Gasteiger partial charge in [0.25, 0.3) is 0 Å². The first-order chi connectivity index (χ1) is 8.08. The van der Waals surface area contributed by atoms with Crippen LogP contribution in [-0.2, 0) is 0 Å². The Kier molecular flexibility index (Phi) is 4.19. The predicted octanol–water partition coefficient (Wildman–Crippen LogP) is 4.39. The molecular weight excluding hydrogens is 395 g/mol. The van der Waals surface area contributed by atoms with Crippen molar-refractivity contribution in [3.63, 3.8) is 0 Å². The van der Waals surface area contributed by atoms with Crippen molar-refractivity contribution in [1.82, 2.24) is 15.0 Å². The molecule has 8 heteroatoms. The average molecular weight is 399 g/mol. The molecule has 0 unspecified atom stereocenters. The monoisotopic (exact) mass is 396 g/mol. The number of hydrogen-bond acceptors (Lipinski definition) is 4. The molecule has 2 aromatic rings.